The standard InChI is InChI=1S/C19H32O3Si/c1-7-15(22-23(5,6)18(2,3)4)19-12-8-9-13(17(19)20)14-10-11-16(19)21-14/h10-11,13-16H,7-9,12H2,1-6H3/t13-,14-,15-,16+,19-/m0/s1. The molecule has 0 spiro atoms. The van der Waals surface area contributed by atoms with Crippen molar-refractivity contribution in [3.05, 3.63) is 12.2 Å². The predicted molar refractivity (Wildman–Crippen MR) is 94.9 cm³/mol. The number of hydrogen-bond acceptors (Lipinski definition) is 3. The minimum absolute atomic E-state index is 0.0197. The van der Waals surface area contributed by atoms with Gasteiger partial charge in [0.15, 0.2) is 14.1 Å². The van der Waals surface area contributed by atoms with Gasteiger partial charge in [-0.1, -0.05) is 46.3 Å². The Kier molecular flexibility index (Phi) is 4.18. The van der Waals surface area contributed by atoms with E-state index in [-0.39, 0.29) is 29.3 Å². The van der Waals surface area contributed by atoms with Crippen molar-refractivity contribution in [3.63, 3.8) is 0 Å². The Labute approximate surface area is 141 Å². The summed E-state index contributed by atoms with van der Waals surface area (Å²) in [6.07, 6.45) is 8.07. The molecular weight excluding hydrogens is 304 g/mol. The molecule has 2 fully saturated rings. The molecule has 1 saturated carbocycles. The first-order valence-electron chi connectivity index (χ1n) is 9.19. The molecule has 3 aliphatic rings. The summed E-state index contributed by atoms with van der Waals surface area (Å²) >= 11 is 0. The molecule has 2 aliphatic heterocycles. The second kappa shape index (κ2) is 5.53. The quantitative estimate of drug-likeness (QED) is 0.561. The molecule has 4 heteroatoms. The number of fused-ring (bicyclic) bond motifs is 6. The van der Waals surface area contributed by atoms with Gasteiger partial charge in [-0.2, -0.15) is 0 Å². The topological polar surface area (TPSA) is 35.5 Å². The van der Waals surface area contributed by atoms with Crippen LogP contribution in [0.1, 0.15) is 53.4 Å². The van der Waals surface area contributed by atoms with Crippen molar-refractivity contribution in [2.24, 2.45) is 11.3 Å². The second-order valence-corrected chi connectivity index (χ2v) is 13.8. The number of rotatable bonds is 4. The van der Waals surface area contributed by atoms with E-state index in [1.54, 1.807) is 0 Å². The molecule has 3 nitrogen and oxygen atoms in total. The van der Waals surface area contributed by atoms with Crippen LogP contribution in [-0.4, -0.2) is 32.4 Å². The highest BCUT2D eigenvalue weighted by Gasteiger charge is 2.62. The maximum Gasteiger partial charge on any atom is 0.192 e. The molecule has 4 bridgehead atoms. The smallest absolute Gasteiger partial charge is 0.192 e. The zero-order valence-corrected chi connectivity index (χ0v) is 16.5. The van der Waals surface area contributed by atoms with E-state index < -0.39 is 13.7 Å². The lowest BCUT2D eigenvalue weighted by Crippen LogP contribution is -2.63. The number of Topliss-reactive ketones (excluding diaryl/α,β-unsaturated/α-hetero) is 1. The lowest BCUT2D eigenvalue weighted by atomic mass is 9.60. The molecule has 1 saturated heterocycles. The number of carbonyl (C=O) groups is 1. The van der Waals surface area contributed by atoms with Gasteiger partial charge in [-0.15, -0.1) is 0 Å². The summed E-state index contributed by atoms with van der Waals surface area (Å²) in [5.41, 5.74) is -0.448. The Morgan fingerprint density at radius 2 is 2.09 bits per heavy atom. The van der Waals surface area contributed by atoms with E-state index in [0.29, 0.717) is 5.78 Å². The first kappa shape index (κ1) is 17.4. The fourth-order valence-electron chi connectivity index (χ4n) is 4.39. The third-order valence-corrected chi connectivity index (χ3v) is 11.3. The molecule has 23 heavy (non-hydrogen) atoms. The van der Waals surface area contributed by atoms with Crippen LogP contribution in [0.5, 0.6) is 0 Å². The van der Waals surface area contributed by atoms with Gasteiger partial charge in [0.25, 0.3) is 0 Å². The first-order chi connectivity index (χ1) is 10.6. The summed E-state index contributed by atoms with van der Waals surface area (Å²) < 4.78 is 13.0. The van der Waals surface area contributed by atoms with E-state index in [9.17, 15) is 4.79 Å². The predicted octanol–water partition coefficient (Wildman–Crippen LogP) is 4.48. The van der Waals surface area contributed by atoms with Gasteiger partial charge < -0.3 is 9.16 Å². The SMILES string of the molecule is CC[C@H](O[Si](C)(C)C(C)(C)C)[C@]12CCC[C@H](C1=O)[C@@H]1C=C[C@H]2O1. The van der Waals surface area contributed by atoms with Gasteiger partial charge in [-0.25, -0.2) is 0 Å². The number of ether oxygens (including phenoxy) is 1. The van der Waals surface area contributed by atoms with Crippen LogP contribution in [0.2, 0.25) is 18.1 Å². The average Bonchev–Trinajstić information content (AvgIpc) is 2.91. The molecule has 130 valence electrons. The third kappa shape index (κ3) is 2.49. The molecule has 2 heterocycles. The molecule has 0 radical (unpaired) electrons. The monoisotopic (exact) mass is 336 g/mol. The van der Waals surface area contributed by atoms with Crippen molar-refractivity contribution >= 4 is 14.1 Å². The molecule has 5 atom stereocenters. The van der Waals surface area contributed by atoms with Gasteiger partial charge in [-0.05, 0) is 37.4 Å². The Hall–Kier alpha value is -0.453. The van der Waals surface area contributed by atoms with Gasteiger partial charge in [0, 0.05) is 5.92 Å². The third-order valence-electron chi connectivity index (χ3n) is 6.77. The minimum atomic E-state index is -1.92. The Bertz CT molecular complexity index is 519. The van der Waals surface area contributed by atoms with Crippen LogP contribution in [0.15, 0.2) is 12.2 Å². The van der Waals surface area contributed by atoms with Crippen LogP contribution in [0.3, 0.4) is 0 Å². The van der Waals surface area contributed by atoms with Crippen LogP contribution < -0.4 is 0 Å². The summed E-state index contributed by atoms with van der Waals surface area (Å²) in [5, 5.41) is 0.151. The Balaban J connectivity index is 1.96. The van der Waals surface area contributed by atoms with E-state index >= 15 is 0 Å². The van der Waals surface area contributed by atoms with Crippen LogP contribution >= 0.6 is 0 Å². The van der Waals surface area contributed by atoms with Gasteiger partial charge in [0.1, 0.15) is 0 Å². The van der Waals surface area contributed by atoms with E-state index in [1.807, 2.05) is 0 Å². The fraction of sp³-hybridized carbons (Fsp3) is 0.842. The van der Waals surface area contributed by atoms with Crippen molar-refractivity contribution in [2.45, 2.75) is 89.8 Å². The molecule has 0 amide bonds. The van der Waals surface area contributed by atoms with Crippen LogP contribution in [0, 0.1) is 11.3 Å². The van der Waals surface area contributed by atoms with Gasteiger partial charge in [-0.3, -0.25) is 4.79 Å². The summed E-state index contributed by atoms with van der Waals surface area (Å²) in [5.74, 6) is 0.469. The fourth-order valence-corrected chi connectivity index (χ4v) is 5.83. The van der Waals surface area contributed by atoms with E-state index in [1.165, 1.54) is 0 Å². The Morgan fingerprint density at radius 3 is 2.70 bits per heavy atom. The maximum atomic E-state index is 13.3. The second-order valence-electron chi connectivity index (χ2n) is 9.08. The molecule has 0 aromatic rings. The van der Waals surface area contributed by atoms with Crippen LogP contribution in [0.25, 0.3) is 0 Å². The number of carbonyl (C=O) groups excluding carboxylic acids is 1. The van der Waals surface area contributed by atoms with Gasteiger partial charge >= 0.3 is 0 Å². The average molecular weight is 337 g/mol. The summed E-state index contributed by atoms with van der Waals surface area (Å²) in [6, 6.07) is 0. The van der Waals surface area contributed by atoms with Crippen LogP contribution in [-0.2, 0) is 14.0 Å². The summed E-state index contributed by atoms with van der Waals surface area (Å²) in [6.45, 7) is 13.5. The van der Waals surface area contributed by atoms with Crippen molar-refractivity contribution in [1.82, 2.24) is 0 Å². The molecule has 3 rings (SSSR count). The summed E-state index contributed by atoms with van der Waals surface area (Å²) in [4.78, 5) is 13.3. The zero-order valence-electron chi connectivity index (χ0n) is 15.5. The van der Waals surface area contributed by atoms with Gasteiger partial charge in [0.05, 0.1) is 23.7 Å². The lowest BCUT2D eigenvalue weighted by Gasteiger charge is -2.53. The van der Waals surface area contributed by atoms with Crippen molar-refractivity contribution in [1.29, 1.82) is 0 Å². The minimum Gasteiger partial charge on any atom is -0.413 e. The lowest BCUT2D eigenvalue weighted by molar-refractivity contribution is -0.183. The molecule has 0 N–H and O–H groups in total. The highest BCUT2D eigenvalue weighted by atomic mass is 28.4. The maximum absolute atomic E-state index is 13.3. The van der Waals surface area contributed by atoms with Crippen molar-refractivity contribution < 1.29 is 14.0 Å². The van der Waals surface area contributed by atoms with Gasteiger partial charge in [0.2, 0.25) is 0 Å². The number of ketones is 1. The largest absolute Gasteiger partial charge is 0.413 e. The molecule has 0 unspecified atom stereocenters. The highest BCUT2D eigenvalue weighted by Crippen LogP contribution is 2.54. The molecular formula is C19H32O3Si. The van der Waals surface area contributed by atoms with Crippen molar-refractivity contribution in [2.75, 3.05) is 0 Å². The highest BCUT2D eigenvalue weighted by molar-refractivity contribution is 6.74. The first-order valence-corrected chi connectivity index (χ1v) is 12.1. The van der Waals surface area contributed by atoms with Crippen molar-refractivity contribution in [3.8, 4) is 0 Å². The van der Waals surface area contributed by atoms with E-state index in [2.05, 4.69) is 52.9 Å². The molecule has 1 aliphatic carbocycles. The van der Waals surface area contributed by atoms with E-state index in [4.69, 9.17) is 9.16 Å². The normalized spacial score (nSPS) is 38.0. The van der Waals surface area contributed by atoms with E-state index in [0.717, 1.165) is 25.7 Å². The Morgan fingerprint density at radius 1 is 1.39 bits per heavy atom. The summed E-state index contributed by atoms with van der Waals surface area (Å²) in [7, 11) is -1.92. The number of hydrogen-bond donors (Lipinski definition) is 0. The van der Waals surface area contributed by atoms with Crippen LogP contribution in [0.4, 0.5) is 0 Å². The zero-order chi connectivity index (χ0) is 17.0. The molecule has 0 aromatic heterocycles. The molecule has 0 aromatic carbocycles.